The molecule has 1 aliphatic rings. The summed E-state index contributed by atoms with van der Waals surface area (Å²) in [5.41, 5.74) is 1.29. The van der Waals surface area contributed by atoms with Crippen LogP contribution in [0.5, 0.6) is 11.5 Å². The van der Waals surface area contributed by atoms with E-state index in [-0.39, 0.29) is 12.3 Å². The molecule has 2 N–H and O–H groups in total. The van der Waals surface area contributed by atoms with Crippen LogP contribution in [0, 0.1) is 11.6 Å². The van der Waals surface area contributed by atoms with Crippen molar-refractivity contribution in [3.05, 3.63) is 53.1 Å². The number of halogens is 3. The van der Waals surface area contributed by atoms with E-state index >= 15 is 0 Å². The van der Waals surface area contributed by atoms with E-state index in [1.165, 1.54) is 43.8 Å². The molecule has 16 heteroatoms. The second-order valence-corrected chi connectivity index (χ2v) is 12.0. The van der Waals surface area contributed by atoms with Gasteiger partial charge in [0.1, 0.15) is 11.8 Å². The molecule has 0 aromatic heterocycles. The molecule has 0 bridgehead atoms. The van der Waals surface area contributed by atoms with Gasteiger partial charge >= 0.3 is 0 Å². The minimum atomic E-state index is -4.72. The van der Waals surface area contributed by atoms with Gasteiger partial charge in [0.2, 0.25) is 10.0 Å². The van der Waals surface area contributed by atoms with Gasteiger partial charge in [-0.3, -0.25) is 10.0 Å². The van der Waals surface area contributed by atoms with Crippen LogP contribution in [0.4, 0.5) is 8.78 Å². The van der Waals surface area contributed by atoms with Crippen molar-refractivity contribution >= 4 is 37.7 Å². The van der Waals surface area contributed by atoms with Crippen LogP contribution in [-0.4, -0.2) is 80.6 Å². The minimum absolute atomic E-state index is 0.0423. The van der Waals surface area contributed by atoms with Crippen molar-refractivity contribution in [2.24, 2.45) is 0 Å². The Bertz CT molecular complexity index is 1300. The number of amides is 1. The number of nitrogens with one attached hydrogen (secondary N) is 1. The Labute approximate surface area is 205 Å². The summed E-state index contributed by atoms with van der Waals surface area (Å²) >= 11 is 5.76. The van der Waals surface area contributed by atoms with E-state index in [2.05, 4.69) is 0 Å². The van der Waals surface area contributed by atoms with E-state index in [9.17, 15) is 30.4 Å². The first-order valence-corrected chi connectivity index (χ1v) is 13.1. The van der Waals surface area contributed by atoms with Crippen molar-refractivity contribution in [1.29, 1.82) is 0 Å². The maximum atomic E-state index is 14.7. The maximum Gasteiger partial charge on any atom is 0.281 e. The molecule has 1 saturated heterocycles. The summed E-state index contributed by atoms with van der Waals surface area (Å²) in [6.45, 7) is -1.52. The molecule has 1 fully saturated rings. The van der Waals surface area contributed by atoms with Gasteiger partial charge in [-0.2, -0.15) is 21.3 Å². The summed E-state index contributed by atoms with van der Waals surface area (Å²) < 4.78 is 88.2. The molecule has 0 saturated carbocycles. The Morgan fingerprint density at radius 1 is 1.11 bits per heavy atom. The highest BCUT2D eigenvalue weighted by atomic mass is 35.5. The molecule has 1 aliphatic heterocycles. The number of carbonyl (C=O) groups excluding carboxylic acids is 1. The lowest BCUT2D eigenvalue weighted by Crippen LogP contribution is -2.62. The van der Waals surface area contributed by atoms with Crippen LogP contribution >= 0.6 is 11.6 Å². The molecular weight excluding hydrogens is 534 g/mol. The predicted octanol–water partition coefficient (Wildman–Crippen LogP) is 1.40. The molecular formula is C19H21ClF2N4O7S2. The van der Waals surface area contributed by atoms with Crippen LogP contribution in [0.3, 0.4) is 0 Å². The minimum Gasteiger partial charge on any atom is -0.451 e. The Morgan fingerprint density at radius 3 is 2.20 bits per heavy atom. The number of hydrogen-bond acceptors (Lipinski definition) is 7. The molecule has 1 atom stereocenters. The zero-order valence-corrected chi connectivity index (χ0v) is 20.7. The fraction of sp³-hybridized carbons (Fsp3) is 0.316. The van der Waals surface area contributed by atoms with E-state index in [0.717, 1.165) is 8.61 Å². The first-order chi connectivity index (χ1) is 16.3. The van der Waals surface area contributed by atoms with Crippen LogP contribution < -0.4 is 10.2 Å². The first kappa shape index (κ1) is 27.2. The standard InChI is InChI=1S/C19H21ClF2N4O7S2/c1-24(2)35(31,32)25-7-8-26(17(11-25)19(27)23-28)34(29,30)14-9-15(21)18(16(22)10-14)33-13-5-3-12(20)4-6-13/h3-6,9-10,17,28H,7-8,11H2,1-2H3,(H,23,27)/t17-/m1/s1. The van der Waals surface area contributed by atoms with E-state index < -0.39 is 67.6 Å². The molecule has 11 nitrogen and oxygen atoms in total. The Balaban J connectivity index is 1.95. The van der Waals surface area contributed by atoms with E-state index in [0.29, 0.717) is 21.5 Å². The van der Waals surface area contributed by atoms with Gasteiger partial charge in [0.25, 0.3) is 16.1 Å². The molecule has 0 aliphatic carbocycles. The zero-order chi connectivity index (χ0) is 26.1. The monoisotopic (exact) mass is 554 g/mol. The van der Waals surface area contributed by atoms with Crippen molar-refractivity contribution < 1.29 is 40.4 Å². The van der Waals surface area contributed by atoms with Crippen molar-refractivity contribution in [1.82, 2.24) is 18.4 Å². The van der Waals surface area contributed by atoms with Crippen LogP contribution in [0.25, 0.3) is 0 Å². The van der Waals surface area contributed by atoms with E-state index in [1.54, 1.807) is 0 Å². The molecule has 3 rings (SSSR count). The number of benzene rings is 2. The number of hydrogen-bond donors (Lipinski definition) is 2. The van der Waals surface area contributed by atoms with Gasteiger partial charge in [0, 0.05) is 38.8 Å². The number of piperazine rings is 1. The largest absolute Gasteiger partial charge is 0.451 e. The topological polar surface area (TPSA) is 137 Å². The third-order valence-electron chi connectivity index (χ3n) is 5.11. The Kier molecular flexibility index (Phi) is 8.00. The molecule has 2 aromatic carbocycles. The fourth-order valence-electron chi connectivity index (χ4n) is 3.30. The molecule has 0 radical (unpaired) electrons. The van der Waals surface area contributed by atoms with Gasteiger partial charge < -0.3 is 4.74 Å². The summed E-state index contributed by atoms with van der Waals surface area (Å²) in [5, 5.41) is 9.44. The number of ether oxygens (including phenoxy) is 1. The first-order valence-electron chi connectivity index (χ1n) is 9.85. The number of hydroxylamine groups is 1. The number of nitrogens with zero attached hydrogens (tertiary/aromatic N) is 3. The number of sulfonamides is 1. The summed E-state index contributed by atoms with van der Waals surface area (Å²) in [7, 11) is -6.25. The second-order valence-electron chi connectivity index (χ2n) is 7.53. The van der Waals surface area contributed by atoms with Crippen molar-refractivity contribution in [2.45, 2.75) is 10.9 Å². The van der Waals surface area contributed by atoms with Crippen molar-refractivity contribution in [3.8, 4) is 11.5 Å². The fourth-order valence-corrected chi connectivity index (χ4v) is 6.12. The van der Waals surface area contributed by atoms with Gasteiger partial charge in [-0.1, -0.05) is 11.6 Å². The Morgan fingerprint density at radius 2 is 1.69 bits per heavy atom. The van der Waals surface area contributed by atoms with Crippen LogP contribution in [-0.2, 0) is 25.0 Å². The molecule has 1 amide bonds. The molecule has 0 spiro atoms. The molecule has 0 unspecified atom stereocenters. The lowest BCUT2D eigenvalue weighted by atomic mass is 10.2. The summed E-state index contributed by atoms with van der Waals surface area (Å²) in [6.07, 6.45) is 0. The van der Waals surface area contributed by atoms with Crippen LogP contribution in [0.1, 0.15) is 0 Å². The SMILES string of the molecule is CN(C)S(=O)(=O)N1CCN(S(=O)(=O)c2cc(F)c(Oc3ccc(Cl)cc3)c(F)c2)[C@@H](C(=O)NO)C1. The highest BCUT2D eigenvalue weighted by Crippen LogP contribution is 2.32. The average molecular weight is 555 g/mol. The summed E-state index contributed by atoms with van der Waals surface area (Å²) in [6, 6.07) is 4.86. The predicted molar refractivity (Wildman–Crippen MR) is 120 cm³/mol. The van der Waals surface area contributed by atoms with Crippen molar-refractivity contribution in [2.75, 3.05) is 33.7 Å². The molecule has 2 aromatic rings. The second kappa shape index (κ2) is 10.3. The van der Waals surface area contributed by atoms with Gasteiger partial charge in [0.15, 0.2) is 17.4 Å². The van der Waals surface area contributed by atoms with Crippen LogP contribution in [0.2, 0.25) is 5.02 Å². The van der Waals surface area contributed by atoms with E-state index in [1.807, 2.05) is 0 Å². The highest BCUT2D eigenvalue weighted by Gasteiger charge is 2.44. The highest BCUT2D eigenvalue weighted by molar-refractivity contribution is 7.89. The quantitative estimate of drug-likeness (QED) is 0.390. The smallest absolute Gasteiger partial charge is 0.281 e. The summed E-state index contributed by atoms with van der Waals surface area (Å²) in [4.78, 5) is 11.4. The third kappa shape index (κ3) is 5.55. The number of rotatable bonds is 7. The lowest BCUT2D eigenvalue weighted by Gasteiger charge is -2.39. The maximum absolute atomic E-state index is 14.7. The van der Waals surface area contributed by atoms with E-state index in [4.69, 9.17) is 21.5 Å². The third-order valence-corrected chi connectivity index (χ3v) is 9.15. The van der Waals surface area contributed by atoms with Gasteiger partial charge in [-0.05, 0) is 36.4 Å². The Hall–Kier alpha value is -2.40. The average Bonchev–Trinajstić information content (AvgIpc) is 2.81. The molecule has 192 valence electrons. The van der Waals surface area contributed by atoms with Gasteiger partial charge in [-0.15, -0.1) is 0 Å². The van der Waals surface area contributed by atoms with Crippen LogP contribution in [0.15, 0.2) is 41.3 Å². The lowest BCUT2D eigenvalue weighted by molar-refractivity contribution is -0.134. The zero-order valence-electron chi connectivity index (χ0n) is 18.4. The van der Waals surface area contributed by atoms with Crippen molar-refractivity contribution in [3.63, 3.8) is 0 Å². The van der Waals surface area contributed by atoms with Gasteiger partial charge in [-0.25, -0.2) is 22.7 Å². The normalized spacial score (nSPS) is 18.0. The number of carbonyl (C=O) groups is 1. The van der Waals surface area contributed by atoms with Gasteiger partial charge in [0.05, 0.1) is 4.90 Å². The molecule has 35 heavy (non-hydrogen) atoms. The summed E-state index contributed by atoms with van der Waals surface area (Å²) in [5.74, 6) is -4.72. The molecule has 1 heterocycles.